The Morgan fingerprint density at radius 3 is 2.04 bits per heavy atom. The summed E-state index contributed by atoms with van der Waals surface area (Å²) in [4.78, 5) is 11.6. The minimum absolute atomic E-state index is 0.276. The molecule has 5 nitrogen and oxygen atoms in total. The first-order valence-corrected chi connectivity index (χ1v) is 7.54. The number of nitrogens with one attached hydrogen (secondary N) is 1. The molecule has 2 aromatic rings. The maximum atomic E-state index is 13.4. The van der Waals surface area contributed by atoms with Gasteiger partial charge in [-0.1, -0.05) is 12.1 Å². The summed E-state index contributed by atoms with van der Waals surface area (Å²) in [6.45, 7) is 1.61. The third-order valence-corrected chi connectivity index (χ3v) is 3.13. The lowest BCUT2D eigenvalue weighted by Gasteiger charge is -2.10. The number of hydrogen-bond donors (Lipinski definition) is 1. The van der Waals surface area contributed by atoms with Crippen molar-refractivity contribution < 1.29 is 36.2 Å². The topological polar surface area (TPSA) is 59.9 Å². The molecule has 0 saturated heterocycles. The number of halogens is 5. The summed E-state index contributed by atoms with van der Waals surface area (Å²) in [5.41, 5.74) is 0.571. The second-order valence-corrected chi connectivity index (χ2v) is 4.95. The van der Waals surface area contributed by atoms with Crippen LogP contribution < -0.4 is 14.9 Å². The van der Waals surface area contributed by atoms with Crippen LogP contribution in [-0.4, -0.2) is 25.3 Å². The summed E-state index contributed by atoms with van der Waals surface area (Å²) >= 11 is 0. The van der Waals surface area contributed by atoms with E-state index in [0.717, 1.165) is 0 Å². The van der Waals surface area contributed by atoms with Gasteiger partial charge >= 0.3 is 0 Å². The van der Waals surface area contributed by atoms with Crippen molar-refractivity contribution in [3.05, 3.63) is 58.9 Å². The molecule has 0 heterocycles. The minimum Gasteiger partial charge on any atom is -0.490 e. The van der Waals surface area contributed by atoms with E-state index in [4.69, 9.17) is 9.47 Å². The molecule has 0 unspecified atom stereocenters. The van der Waals surface area contributed by atoms with E-state index in [1.165, 1.54) is 0 Å². The van der Waals surface area contributed by atoms with E-state index in [-0.39, 0.29) is 5.75 Å². The van der Waals surface area contributed by atoms with Crippen molar-refractivity contribution in [3.63, 3.8) is 0 Å². The zero-order valence-electron chi connectivity index (χ0n) is 13.9. The number of carbonyl (C=O) groups is 1. The molecule has 10 heteroatoms. The van der Waals surface area contributed by atoms with E-state index in [9.17, 15) is 26.7 Å². The first kappa shape index (κ1) is 20.1. The van der Waals surface area contributed by atoms with Gasteiger partial charge < -0.3 is 9.47 Å². The molecule has 144 valence electrons. The highest BCUT2D eigenvalue weighted by Gasteiger charge is 2.24. The van der Waals surface area contributed by atoms with Crippen LogP contribution in [0.1, 0.15) is 12.5 Å². The Bertz CT molecular complexity index is 845. The van der Waals surface area contributed by atoms with Crippen LogP contribution in [0.4, 0.5) is 22.0 Å². The fraction of sp³-hybridized carbons (Fsp3) is 0.176. The van der Waals surface area contributed by atoms with Crippen molar-refractivity contribution >= 4 is 12.1 Å². The summed E-state index contributed by atoms with van der Waals surface area (Å²) in [7, 11) is 0. The normalized spacial score (nSPS) is 10.9. The van der Waals surface area contributed by atoms with Gasteiger partial charge in [-0.2, -0.15) is 5.10 Å². The highest BCUT2D eigenvalue weighted by atomic mass is 19.2. The number of benzene rings is 2. The molecule has 2 aromatic carbocycles. The highest BCUT2D eigenvalue weighted by molar-refractivity contribution is 5.83. The number of rotatable bonds is 7. The van der Waals surface area contributed by atoms with Crippen molar-refractivity contribution in [1.29, 1.82) is 0 Å². The molecule has 0 radical (unpaired) electrons. The highest BCUT2D eigenvalue weighted by Crippen LogP contribution is 2.26. The number of carbonyl (C=O) groups excluding carboxylic acids is 1. The molecule has 0 bridgehead atoms. The number of nitrogens with zero attached hydrogens (tertiary/aromatic N) is 1. The quantitative estimate of drug-likeness (QED) is 0.260. The molecule has 0 aliphatic carbocycles. The molecule has 0 aliphatic heterocycles. The Morgan fingerprint density at radius 1 is 0.963 bits per heavy atom. The number of amides is 1. The summed E-state index contributed by atoms with van der Waals surface area (Å²) in [5, 5.41) is 3.17. The average molecular weight is 388 g/mol. The Balaban J connectivity index is 2.01. The van der Waals surface area contributed by atoms with Gasteiger partial charge in [-0.05, 0) is 19.1 Å². The molecule has 0 saturated carbocycles. The lowest BCUT2D eigenvalue weighted by molar-refractivity contribution is -0.123. The fourth-order valence-electron chi connectivity index (χ4n) is 1.92. The predicted octanol–water partition coefficient (Wildman–Crippen LogP) is 3.31. The Kier molecular flexibility index (Phi) is 6.69. The van der Waals surface area contributed by atoms with Crippen LogP contribution in [0.15, 0.2) is 29.4 Å². The molecule has 0 spiro atoms. The molecule has 0 fully saturated rings. The molecule has 0 aromatic heterocycles. The average Bonchev–Trinajstić information content (AvgIpc) is 2.67. The van der Waals surface area contributed by atoms with Gasteiger partial charge in [-0.3, -0.25) is 4.79 Å². The number of ether oxygens (including phenoxy) is 2. The van der Waals surface area contributed by atoms with Crippen LogP contribution in [0.25, 0.3) is 0 Å². The molecular weight excluding hydrogens is 375 g/mol. The Hall–Kier alpha value is -3.17. The van der Waals surface area contributed by atoms with E-state index in [2.05, 4.69) is 5.10 Å². The van der Waals surface area contributed by atoms with E-state index >= 15 is 0 Å². The summed E-state index contributed by atoms with van der Waals surface area (Å²) in [6, 6.07) is 6.53. The predicted molar refractivity (Wildman–Crippen MR) is 85.1 cm³/mol. The van der Waals surface area contributed by atoms with E-state index in [0.29, 0.717) is 18.6 Å². The second-order valence-electron chi connectivity index (χ2n) is 4.95. The van der Waals surface area contributed by atoms with Crippen molar-refractivity contribution in [2.75, 3.05) is 13.2 Å². The van der Waals surface area contributed by atoms with Crippen molar-refractivity contribution in [2.45, 2.75) is 6.92 Å². The first-order valence-electron chi connectivity index (χ1n) is 7.54. The van der Waals surface area contributed by atoms with Gasteiger partial charge in [0.05, 0.1) is 18.4 Å². The standard InChI is InChI=1S/C17H13F5N2O3/c1-2-26-10-5-3-4-6-11(10)27-8-12(25)24-23-7-9-13(18)15(20)17(22)16(21)14(9)19/h3-7H,2,8H2,1H3,(H,24,25)/b23-7+. The molecular formula is C17H13F5N2O3. The van der Waals surface area contributed by atoms with Crippen LogP contribution in [0.3, 0.4) is 0 Å². The van der Waals surface area contributed by atoms with Gasteiger partial charge in [0, 0.05) is 0 Å². The van der Waals surface area contributed by atoms with Crippen molar-refractivity contribution in [3.8, 4) is 11.5 Å². The Labute approximate surface area is 150 Å². The summed E-state index contributed by atoms with van der Waals surface area (Å²) < 4.78 is 76.5. The minimum atomic E-state index is -2.28. The fourth-order valence-corrected chi connectivity index (χ4v) is 1.92. The summed E-state index contributed by atoms with van der Waals surface area (Å²) in [5.74, 6) is -10.8. The zero-order chi connectivity index (χ0) is 20.0. The molecule has 1 amide bonds. The van der Waals surface area contributed by atoms with Gasteiger partial charge in [0.15, 0.2) is 41.4 Å². The SMILES string of the molecule is CCOc1ccccc1OCC(=O)N/N=C/c1c(F)c(F)c(F)c(F)c1F. The maximum Gasteiger partial charge on any atom is 0.277 e. The number of para-hydroxylation sites is 2. The van der Waals surface area contributed by atoms with Gasteiger partial charge in [-0.15, -0.1) is 0 Å². The molecule has 0 aliphatic rings. The third kappa shape index (κ3) is 4.72. The maximum absolute atomic E-state index is 13.4. The molecule has 0 atom stereocenters. The van der Waals surface area contributed by atoms with Gasteiger partial charge in [0.1, 0.15) is 0 Å². The van der Waals surface area contributed by atoms with E-state index in [1.807, 2.05) is 5.43 Å². The molecule has 2 rings (SSSR count). The molecule has 1 N–H and O–H groups in total. The van der Waals surface area contributed by atoms with Gasteiger partial charge in [0.2, 0.25) is 5.82 Å². The lowest BCUT2D eigenvalue weighted by Crippen LogP contribution is -2.25. The van der Waals surface area contributed by atoms with E-state index < -0.39 is 47.2 Å². The second kappa shape index (κ2) is 8.97. The van der Waals surface area contributed by atoms with E-state index in [1.54, 1.807) is 31.2 Å². The third-order valence-electron chi connectivity index (χ3n) is 3.13. The smallest absolute Gasteiger partial charge is 0.277 e. The van der Waals surface area contributed by atoms with Gasteiger partial charge in [0.25, 0.3) is 5.91 Å². The monoisotopic (exact) mass is 388 g/mol. The summed E-state index contributed by atoms with van der Waals surface area (Å²) in [6.07, 6.45) is 0.308. The zero-order valence-corrected chi connectivity index (χ0v) is 13.9. The van der Waals surface area contributed by atoms with Crippen LogP contribution in [-0.2, 0) is 4.79 Å². The largest absolute Gasteiger partial charge is 0.490 e. The van der Waals surface area contributed by atoms with Gasteiger partial charge in [-0.25, -0.2) is 27.4 Å². The number of hydrazone groups is 1. The first-order chi connectivity index (χ1) is 12.9. The Morgan fingerprint density at radius 2 is 1.48 bits per heavy atom. The van der Waals surface area contributed by atoms with Crippen LogP contribution in [0.5, 0.6) is 11.5 Å². The van der Waals surface area contributed by atoms with Crippen molar-refractivity contribution in [2.24, 2.45) is 5.10 Å². The van der Waals surface area contributed by atoms with Crippen LogP contribution in [0.2, 0.25) is 0 Å². The van der Waals surface area contributed by atoms with Crippen LogP contribution in [0, 0.1) is 29.1 Å². The number of hydrogen-bond acceptors (Lipinski definition) is 4. The lowest BCUT2D eigenvalue weighted by atomic mass is 10.2. The molecule has 27 heavy (non-hydrogen) atoms. The van der Waals surface area contributed by atoms with Crippen molar-refractivity contribution in [1.82, 2.24) is 5.43 Å². The van der Waals surface area contributed by atoms with Crippen LogP contribution >= 0.6 is 0 Å².